The van der Waals surface area contributed by atoms with Crippen LogP contribution < -0.4 is 5.73 Å². The molecule has 2 aliphatic rings. The molecule has 122 valence electrons. The van der Waals surface area contributed by atoms with Crippen LogP contribution in [0.1, 0.15) is 58.8 Å². The van der Waals surface area contributed by atoms with Gasteiger partial charge >= 0.3 is 0 Å². The maximum atomic E-state index is 12.7. The fourth-order valence-electron chi connectivity index (χ4n) is 3.88. The van der Waals surface area contributed by atoms with E-state index in [1.54, 1.807) is 0 Å². The first-order valence-corrected chi connectivity index (χ1v) is 8.89. The number of nitrogens with zero attached hydrogens (tertiary/aromatic N) is 2. The highest BCUT2D eigenvalue weighted by atomic mass is 16.2. The van der Waals surface area contributed by atoms with E-state index < -0.39 is 5.54 Å². The van der Waals surface area contributed by atoms with E-state index in [-0.39, 0.29) is 5.91 Å². The number of likely N-dealkylation sites (tertiary alicyclic amines) is 1. The number of hydrogen-bond acceptors (Lipinski definition) is 3. The second-order valence-electron chi connectivity index (χ2n) is 6.94. The van der Waals surface area contributed by atoms with Gasteiger partial charge in [-0.25, -0.2) is 0 Å². The number of amides is 1. The van der Waals surface area contributed by atoms with Gasteiger partial charge < -0.3 is 15.5 Å². The SMILES string of the molecule is CCN(CC)CC1CCN(C(=O)C2(N)CCCCC2)CC1. The standard InChI is InChI=1S/C17H33N3O/c1-3-19(4-2)14-15-8-12-20(13-9-15)16(21)17(18)10-6-5-7-11-17/h15H,3-14,18H2,1-2H3. The molecule has 0 spiro atoms. The van der Waals surface area contributed by atoms with Gasteiger partial charge in [-0.2, -0.15) is 0 Å². The molecular weight excluding hydrogens is 262 g/mol. The molecule has 1 heterocycles. The summed E-state index contributed by atoms with van der Waals surface area (Å²) in [6.45, 7) is 9.70. The van der Waals surface area contributed by atoms with Crippen molar-refractivity contribution in [3.8, 4) is 0 Å². The number of hydrogen-bond donors (Lipinski definition) is 1. The summed E-state index contributed by atoms with van der Waals surface area (Å²) in [7, 11) is 0. The van der Waals surface area contributed by atoms with Crippen molar-refractivity contribution >= 4 is 5.91 Å². The summed E-state index contributed by atoms with van der Waals surface area (Å²) in [6.07, 6.45) is 7.49. The Balaban J connectivity index is 1.81. The third kappa shape index (κ3) is 4.19. The Morgan fingerprint density at radius 1 is 1.14 bits per heavy atom. The zero-order valence-corrected chi connectivity index (χ0v) is 13.9. The minimum absolute atomic E-state index is 0.225. The zero-order chi connectivity index (χ0) is 15.3. The summed E-state index contributed by atoms with van der Waals surface area (Å²) in [5.41, 5.74) is 5.84. The number of carbonyl (C=O) groups is 1. The molecule has 1 saturated carbocycles. The topological polar surface area (TPSA) is 49.6 Å². The Morgan fingerprint density at radius 2 is 1.71 bits per heavy atom. The second kappa shape index (κ2) is 7.59. The lowest BCUT2D eigenvalue weighted by Crippen LogP contribution is -2.57. The van der Waals surface area contributed by atoms with Gasteiger partial charge in [0.05, 0.1) is 5.54 Å². The molecule has 0 atom stereocenters. The lowest BCUT2D eigenvalue weighted by Gasteiger charge is -2.40. The van der Waals surface area contributed by atoms with E-state index in [0.29, 0.717) is 0 Å². The molecule has 2 rings (SSSR count). The largest absolute Gasteiger partial charge is 0.341 e. The third-order valence-electron chi connectivity index (χ3n) is 5.48. The number of carbonyl (C=O) groups excluding carboxylic acids is 1. The van der Waals surface area contributed by atoms with E-state index in [4.69, 9.17) is 5.73 Å². The summed E-state index contributed by atoms with van der Waals surface area (Å²) in [6, 6.07) is 0. The predicted molar refractivity (Wildman–Crippen MR) is 87.1 cm³/mol. The van der Waals surface area contributed by atoms with E-state index >= 15 is 0 Å². The van der Waals surface area contributed by atoms with Gasteiger partial charge in [-0.1, -0.05) is 33.1 Å². The van der Waals surface area contributed by atoms with Crippen LogP contribution in [0.5, 0.6) is 0 Å². The summed E-state index contributed by atoms with van der Waals surface area (Å²) in [4.78, 5) is 17.2. The minimum atomic E-state index is -0.552. The van der Waals surface area contributed by atoms with Crippen LogP contribution in [0.2, 0.25) is 0 Å². The summed E-state index contributed by atoms with van der Waals surface area (Å²) >= 11 is 0. The fraction of sp³-hybridized carbons (Fsp3) is 0.941. The lowest BCUT2D eigenvalue weighted by molar-refractivity contribution is -0.139. The number of rotatable bonds is 5. The highest BCUT2D eigenvalue weighted by Gasteiger charge is 2.39. The normalized spacial score (nSPS) is 23.5. The summed E-state index contributed by atoms with van der Waals surface area (Å²) < 4.78 is 0. The summed E-state index contributed by atoms with van der Waals surface area (Å²) in [5.74, 6) is 0.970. The summed E-state index contributed by atoms with van der Waals surface area (Å²) in [5, 5.41) is 0. The first-order valence-electron chi connectivity index (χ1n) is 8.89. The van der Waals surface area contributed by atoms with Gasteiger partial charge in [0.2, 0.25) is 5.91 Å². The van der Waals surface area contributed by atoms with Gasteiger partial charge in [0, 0.05) is 19.6 Å². The maximum absolute atomic E-state index is 12.7. The predicted octanol–water partition coefficient (Wildman–Crippen LogP) is 2.23. The molecule has 1 amide bonds. The molecule has 0 bridgehead atoms. The van der Waals surface area contributed by atoms with Gasteiger partial charge in [-0.15, -0.1) is 0 Å². The van der Waals surface area contributed by atoms with Crippen LogP contribution in [-0.4, -0.2) is 54.0 Å². The van der Waals surface area contributed by atoms with Crippen molar-refractivity contribution in [3.63, 3.8) is 0 Å². The Kier molecular flexibility index (Phi) is 6.06. The average molecular weight is 295 g/mol. The first kappa shape index (κ1) is 16.8. The first-order chi connectivity index (χ1) is 10.1. The lowest BCUT2D eigenvalue weighted by atomic mass is 9.81. The van der Waals surface area contributed by atoms with E-state index in [9.17, 15) is 4.79 Å². The second-order valence-corrected chi connectivity index (χ2v) is 6.94. The van der Waals surface area contributed by atoms with Gasteiger partial charge in [0.1, 0.15) is 0 Å². The number of nitrogens with two attached hydrogens (primary N) is 1. The molecule has 0 radical (unpaired) electrons. The maximum Gasteiger partial charge on any atom is 0.242 e. The smallest absolute Gasteiger partial charge is 0.242 e. The highest BCUT2D eigenvalue weighted by molar-refractivity contribution is 5.86. The Morgan fingerprint density at radius 3 is 2.24 bits per heavy atom. The van der Waals surface area contributed by atoms with Crippen LogP contribution in [0.15, 0.2) is 0 Å². The molecule has 21 heavy (non-hydrogen) atoms. The van der Waals surface area contributed by atoms with Crippen LogP contribution >= 0.6 is 0 Å². The Bertz CT molecular complexity index is 327. The van der Waals surface area contributed by atoms with Gasteiger partial charge in [0.25, 0.3) is 0 Å². The van der Waals surface area contributed by atoms with Gasteiger partial charge in [-0.3, -0.25) is 4.79 Å². The van der Waals surface area contributed by atoms with Gasteiger partial charge in [0.15, 0.2) is 0 Å². The van der Waals surface area contributed by atoms with Crippen LogP contribution in [0.3, 0.4) is 0 Å². The minimum Gasteiger partial charge on any atom is -0.341 e. The molecule has 1 aliphatic carbocycles. The van der Waals surface area contributed by atoms with Crippen molar-refractivity contribution < 1.29 is 4.79 Å². The van der Waals surface area contributed by atoms with Crippen molar-refractivity contribution in [2.75, 3.05) is 32.7 Å². The van der Waals surface area contributed by atoms with Crippen LogP contribution in [0.25, 0.3) is 0 Å². The molecular formula is C17H33N3O. The number of piperidine rings is 1. The molecule has 4 nitrogen and oxygen atoms in total. The fourth-order valence-corrected chi connectivity index (χ4v) is 3.88. The van der Waals surface area contributed by atoms with E-state index in [1.807, 2.05) is 4.90 Å². The quantitative estimate of drug-likeness (QED) is 0.846. The van der Waals surface area contributed by atoms with Crippen molar-refractivity contribution in [1.82, 2.24) is 9.80 Å². The molecule has 0 aromatic heterocycles. The van der Waals surface area contributed by atoms with Crippen molar-refractivity contribution in [3.05, 3.63) is 0 Å². The Labute approximate surface area is 130 Å². The highest BCUT2D eigenvalue weighted by Crippen LogP contribution is 2.29. The third-order valence-corrected chi connectivity index (χ3v) is 5.48. The van der Waals surface area contributed by atoms with Crippen LogP contribution in [0.4, 0.5) is 0 Å². The molecule has 0 aromatic carbocycles. The monoisotopic (exact) mass is 295 g/mol. The zero-order valence-electron chi connectivity index (χ0n) is 13.9. The molecule has 0 unspecified atom stereocenters. The van der Waals surface area contributed by atoms with Crippen LogP contribution in [0, 0.1) is 5.92 Å². The van der Waals surface area contributed by atoms with Crippen molar-refractivity contribution in [2.24, 2.45) is 11.7 Å². The van der Waals surface area contributed by atoms with Crippen LogP contribution in [-0.2, 0) is 4.79 Å². The average Bonchev–Trinajstić information content (AvgIpc) is 2.53. The Hall–Kier alpha value is -0.610. The molecule has 2 N–H and O–H groups in total. The van der Waals surface area contributed by atoms with Gasteiger partial charge in [-0.05, 0) is 44.7 Å². The van der Waals surface area contributed by atoms with E-state index in [0.717, 1.165) is 70.6 Å². The molecule has 4 heteroatoms. The van der Waals surface area contributed by atoms with Crippen molar-refractivity contribution in [2.45, 2.75) is 64.3 Å². The van der Waals surface area contributed by atoms with E-state index in [2.05, 4.69) is 18.7 Å². The molecule has 1 aliphatic heterocycles. The molecule has 2 fully saturated rings. The molecule has 0 aromatic rings. The van der Waals surface area contributed by atoms with Crippen molar-refractivity contribution in [1.29, 1.82) is 0 Å². The van der Waals surface area contributed by atoms with E-state index in [1.165, 1.54) is 13.0 Å². The molecule has 1 saturated heterocycles.